The van der Waals surface area contributed by atoms with Crippen LogP contribution in [0.5, 0.6) is 5.75 Å². The molecule has 0 heterocycles. The molecular formula is C9H7O4-. The number of ketones is 1. The van der Waals surface area contributed by atoms with E-state index in [9.17, 15) is 14.7 Å². The number of hydrogen-bond donors (Lipinski definition) is 1. The fraction of sp³-hybridized carbons (Fsp3) is 0.111. The molecule has 0 aliphatic heterocycles. The van der Waals surface area contributed by atoms with E-state index in [2.05, 4.69) is 0 Å². The summed E-state index contributed by atoms with van der Waals surface area (Å²) in [4.78, 5) is 21.3. The Bertz CT molecular complexity index is 368. The van der Waals surface area contributed by atoms with Gasteiger partial charge in [-0.1, -0.05) is 17.9 Å². The normalized spacial score (nSPS) is 9.62. The lowest BCUT2D eigenvalue weighted by Crippen LogP contribution is -2.05. The van der Waals surface area contributed by atoms with Crippen LogP contribution in [0.4, 0.5) is 0 Å². The SMILES string of the molecule is CC(=O)c1ccc([O-])c(C(=O)O)c1. The summed E-state index contributed by atoms with van der Waals surface area (Å²) < 4.78 is 0. The molecule has 0 aliphatic rings. The number of carbonyl (C=O) groups is 2. The number of carboxylic acid groups (broad SMARTS) is 1. The summed E-state index contributed by atoms with van der Waals surface area (Å²) in [6.45, 7) is 1.31. The number of Topliss-reactive ketones (excluding diaryl/α,β-unsaturated/α-hetero) is 1. The average Bonchev–Trinajstić information content (AvgIpc) is 2.04. The largest absolute Gasteiger partial charge is 0.872 e. The van der Waals surface area contributed by atoms with E-state index in [0.717, 1.165) is 12.1 Å². The molecule has 0 fully saturated rings. The molecule has 0 aromatic heterocycles. The highest BCUT2D eigenvalue weighted by Gasteiger charge is 2.06. The van der Waals surface area contributed by atoms with Gasteiger partial charge in [0.05, 0.1) is 5.56 Å². The molecule has 1 N–H and O–H groups in total. The Morgan fingerprint density at radius 1 is 1.38 bits per heavy atom. The Morgan fingerprint density at radius 2 is 2.00 bits per heavy atom. The van der Waals surface area contributed by atoms with Gasteiger partial charge in [0.15, 0.2) is 5.78 Å². The van der Waals surface area contributed by atoms with Gasteiger partial charge in [-0.05, 0) is 13.0 Å². The molecule has 1 aromatic rings. The van der Waals surface area contributed by atoms with Gasteiger partial charge in [0, 0.05) is 5.56 Å². The van der Waals surface area contributed by atoms with Gasteiger partial charge < -0.3 is 10.2 Å². The van der Waals surface area contributed by atoms with Crippen LogP contribution in [0.2, 0.25) is 0 Å². The molecule has 0 saturated carbocycles. The quantitative estimate of drug-likeness (QED) is 0.676. The lowest BCUT2D eigenvalue weighted by atomic mass is 10.1. The van der Waals surface area contributed by atoms with Gasteiger partial charge in [-0.2, -0.15) is 0 Å². The molecule has 68 valence electrons. The van der Waals surface area contributed by atoms with E-state index in [1.807, 2.05) is 0 Å². The van der Waals surface area contributed by atoms with Crippen LogP contribution in [-0.4, -0.2) is 16.9 Å². The van der Waals surface area contributed by atoms with E-state index in [4.69, 9.17) is 5.11 Å². The van der Waals surface area contributed by atoms with E-state index in [-0.39, 0.29) is 16.9 Å². The predicted molar refractivity (Wildman–Crippen MR) is 42.9 cm³/mol. The summed E-state index contributed by atoms with van der Waals surface area (Å²) in [6, 6.07) is 3.49. The summed E-state index contributed by atoms with van der Waals surface area (Å²) >= 11 is 0. The first-order chi connectivity index (χ1) is 6.02. The average molecular weight is 179 g/mol. The molecule has 1 aromatic carbocycles. The van der Waals surface area contributed by atoms with Crippen molar-refractivity contribution in [1.82, 2.24) is 0 Å². The molecule has 13 heavy (non-hydrogen) atoms. The van der Waals surface area contributed by atoms with Crippen molar-refractivity contribution >= 4 is 11.8 Å². The highest BCUT2D eigenvalue weighted by Crippen LogP contribution is 2.15. The molecule has 0 unspecified atom stereocenters. The zero-order valence-electron chi connectivity index (χ0n) is 6.90. The van der Waals surface area contributed by atoms with Gasteiger partial charge >= 0.3 is 5.97 Å². The second kappa shape index (κ2) is 3.26. The third kappa shape index (κ3) is 1.84. The van der Waals surface area contributed by atoms with Crippen molar-refractivity contribution in [1.29, 1.82) is 0 Å². The summed E-state index contributed by atoms with van der Waals surface area (Å²) in [6.07, 6.45) is 0. The number of hydrogen-bond acceptors (Lipinski definition) is 3. The highest BCUT2D eigenvalue weighted by molar-refractivity contribution is 5.98. The Labute approximate surface area is 74.4 Å². The third-order valence-electron chi connectivity index (χ3n) is 1.62. The first kappa shape index (κ1) is 9.25. The van der Waals surface area contributed by atoms with Gasteiger partial charge in [-0.25, -0.2) is 4.79 Å². The standard InChI is InChI=1S/C9H8O4/c1-5(10)6-2-3-8(11)7(4-6)9(12)13/h2-4,11H,1H3,(H,12,13)/p-1. The molecule has 0 amide bonds. The maximum Gasteiger partial charge on any atom is 0.335 e. The van der Waals surface area contributed by atoms with Crippen LogP contribution in [0.3, 0.4) is 0 Å². The zero-order chi connectivity index (χ0) is 10.0. The zero-order valence-corrected chi connectivity index (χ0v) is 6.90. The van der Waals surface area contributed by atoms with Crippen molar-refractivity contribution in [3.63, 3.8) is 0 Å². The van der Waals surface area contributed by atoms with Crippen molar-refractivity contribution < 1.29 is 19.8 Å². The van der Waals surface area contributed by atoms with E-state index in [1.54, 1.807) is 0 Å². The predicted octanol–water partition coefficient (Wildman–Crippen LogP) is 0.661. The van der Waals surface area contributed by atoms with Gasteiger partial charge in [-0.3, -0.25) is 4.79 Å². The lowest BCUT2D eigenvalue weighted by Gasteiger charge is -2.09. The Balaban J connectivity index is 3.27. The van der Waals surface area contributed by atoms with Crippen molar-refractivity contribution in [3.05, 3.63) is 29.3 Å². The van der Waals surface area contributed by atoms with E-state index in [0.29, 0.717) is 0 Å². The molecular weight excluding hydrogens is 172 g/mol. The summed E-state index contributed by atoms with van der Waals surface area (Å²) in [5.41, 5.74) is -0.135. The van der Waals surface area contributed by atoms with Gasteiger partial charge in [-0.15, -0.1) is 0 Å². The first-order valence-electron chi connectivity index (χ1n) is 3.57. The number of aromatic carboxylic acids is 1. The fourth-order valence-electron chi connectivity index (χ4n) is 0.916. The summed E-state index contributed by atoms with van der Waals surface area (Å²) in [5, 5.41) is 19.5. The number of carboxylic acids is 1. The molecule has 0 bridgehead atoms. The van der Waals surface area contributed by atoms with Crippen LogP contribution >= 0.6 is 0 Å². The Hall–Kier alpha value is -1.84. The maximum absolute atomic E-state index is 10.9. The molecule has 4 heteroatoms. The topological polar surface area (TPSA) is 77.4 Å². The van der Waals surface area contributed by atoms with Crippen molar-refractivity contribution in [3.8, 4) is 5.75 Å². The molecule has 0 atom stereocenters. The smallest absolute Gasteiger partial charge is 0.335 e. The second-order valence-corrected chi connectivity index (χ2v) is 2.57. The van der Waals surface area contributed by atoms with Gasteiger partial charge in [0.1, 0.15) is 0 Å². The maximum atomic E-state index is 10.9. The molecule has 0 saturated heterocycles. The summed E-state index contributed by atoms with van der Waals surface area (Å²) in [5.74, 6) is -2.16. The van der Waals surface area contributed by atoms with Crippen LogP contribution in [0.15, 0.2) is 18.2 Å². The first-order valence-corrected chi connectivity index (χ1v) is 3.57. The van der Waals surface area contributed by atoms with Crippen molar-refractivity contribution in [2.75, 3.05) is 0 Å². The van der Waals surface area contributed by atoms with Gasteiger partial charge in [0.25, 0.3) is 0 Å². The summed E-state index contributed by atoms with van der Waals surface area (Å²) in [7, 11) is 0. The van der Waals surface area contributed by atoms with E-state index >= 15 is 0 Å². The minimum atomic E-state index is -1.31. The van der Waals surface area contributed by atoms with Crippen LogP contribution in [0, 0.1) is 0 Å². The van der Waals surface area contributed by atoms with Crippen molar-refractivity contribution in [2.45, 2.75) is 6.92 Å². The monoisotopic (exact) mass is 179 g/mol. The highest BCUT2D eigenvalue weighted by atomic mass is 16.4. The second-order valence-electron chi connectivity index (χ2n) is 2.57. The number of carbonyl (C=O) groups excluding carboxylic acids is 1. The van der Waals surface area contributed by atoms with Crippen molar-refractivity contribution in [2.24, 2.45) is 0 Å². The fourth-order valence-corrected chi connectivity index (χ4v) is 0.916. The molecule has 1 rings (SSSR count). The lowest BCUT2D eigenvalue weighted by molar-refractivity contribution is -0.268. The van der Waals surface area contributed by atoms with Gasteiger partial charge in [0.2, 0.25) is 0 Å². The Kier molecular flexibility index (Phi) is 2.32. The molecule has 0 spiro atoms. The third-order valence-corrected chi connectivity index (χ3v) is 1.62. The minimum Gasteiger partial charge on any atom is -0.872 e. The van der Waals surface area contributed by atoms with Crippen LogP contribution in [0.1, 0.15) is 27.6 Å². The van der Waals surface area contributed by atoms with E-state index < -0.39 is 11.7 Å². The Morgan fingerprint density at radius 3 is 2.46 bits per heavy atom. The molecule has 4 nitrogen and oxygen atoms in total. The molecule has 0 aliphatic carbocycles. The number of benzene rings is 1. The molecule has 0 radical (unpaired) electrons. The van der Waals surface area contributed by atoms with Crippen LogP contribution in [0.25, 0.3) is 0 Å². The minimum absolute atomic E-state index is 0.233. The van der Waals surface area contributed by atoms with Crippen LogP contribution in [-0.2, 0) is 0 Å². The number of rotatable bonds is 2. The van der Waals surface area contributed by atoms with E-state index in [1.165, 1.54) is 13.0 Å². The van der Waals surface area contributed by atoms with Crippen LogP contribution < -0.4 is 5.11 Å².